The van der Waals surface area contributed by atoms with Crippen LogP contribution in [0.25, 0.3) is 0 Å². The highest BCUT2D eigenvalue weighted by atomic mass is 32.2. The van der Waals surface area contributed by atoms with Gasteiger partial charge in [-0.2, -0.15) is 0 Å². The number of sulfone groups is 2. The molecule has 124 valence electrons. The molecule has 2 rings (SSSR count). The van der Waals surface area contributed by atoms with Crippen molar-refractivity contribution in [3.8, 4) is 0 Å². The minimum Gasteiger partial charge on any atom is -0.290 e. The van der Waals surface area contributed by atoms with Crippen LogP contribution in [0.5, 0.6) is 0 Å². The molecule has 0 saturated heterocycles. The van der Waals surface area contributed by atoms with Gasteiger partial charge >= 0.3 is 0 Å². The van der Waals surface area contributed by atoms with Crippen molar-refractivity contribution in [2.45, 2.75) is 23.6 Å². The van der Waals surface area contributed by atoms with Crippen LogP contribution in [0.2, 0.25) is 0 Å². The van der Waals surface area contributed by atoms with Crippen molar-refractivity contribution < 1.29 is 16.8 Å². The second kappa shape index (κ2) is 6.82. The van der Waals surface area contributed by atoms with Gasteiger partial charge in [0.05, 0.1) is 9.79 Å². The van der Waals surface area contributed by atoms with Crippen LogP contribution in [0.15, 0.2) is 58.3 Å². The standard InChI is InChI=1S/C16H19NO4S2/c1-13-3-7-15(8-4-13)22(18,19)11-17-12-23(20,21)16-9-5-14(2)6-10-16/h3-10,17H,11-12H2,1-2H3. The topological polar surface area (TPSA) is 80.3 Å². The van der Waals surface area contributed by atoms with Gasteiger partial charge in [-0.25, -0.2) is 16.8 Å². The SMILES string of the molecule is Cc1ccc(S(=O)(=O)CNCS(=O)(=O)c2ccc(C)cc2)cc1. The lowest BCUT2D eigenvalue weighted by molar-refractivity contribution is 0.582. The van der Waals surface area contributed by atoms with Crippen molar-refractivity contribution in [1.29, 1.82) is 0 Å². The van der Waals surface area contributed by atoms with Gasteiger partial charge in [-0.3, -0.25) is 5.32 Å². The van der Waals surface area contributed by atoms with E-state index in [4.69, 9.17) is 0 Å². The van der Waals surface area contributed by atoms with E-state index in [9.17, 15) is 16.8 Å². The molecule has 23 heavy (non-hydrogen) atoms. The highest BCUT2D eigenvalue weighted by Crippen LogP contribution is 2.13. The summed E-state index contributed by atoms with van der Waals surface area (Å²) >= 11 is 0. The van der Waals surface area contributed by atoms with Gasteiger partial charge in [0.2, 0.25) is 0 Å². The average Bonchev–Trinajstić information content (AvgIpc) is 2.47. The first kappa shape index (κ1) is 17.7. The summed E-state index contributed by atoms with van der Waals surface area (Å²) in [7, 11) is -7.13. The van der Waals surface area contributed by atoms with Crippen LogP contribution >= 0.6 is 0 Å². The van der Waals surface area contributed by atoms with Crippen LogP contribution in [0.1, 0.15) is 11.1 Å². The second-order valence-corrected chi connectivity index (χ2v) is 9.37. The summed E-state index contributed by atoms with van der Waals surface area (Å²) < 4.78 is 48.6. The molecule has 0 aliphatic heterocycles. The average molecular weight is 353 g/mol. The molecule has 0 unspecified atom stereocenters. The molecule has 5 nitrogen and oxygen atoms in total. The third-order valence-corrected chi connectivity index (χ3v) is 6.49. The van der Waals surface area contributed by atoms with Crippen LogP contribution < -0.4 is 5.32 Å². The summed E-state index contributed by atoms with van der Waals surface area (Å²) in [5, 5.41) is 2.52. The minimum absolute atomic E-state index is 0.170. The molecule has 0 aliphatic rings. The lowest BCUT2D eigenvalue weighted by Gasteiger charge is -2.08. The van der Waals surface area contributed by atoms with E-state index in [0.29, 0.717) is 0 Å². The quantitative estimate of drug-likeness (QED) is 0.860. The molecule has 0 fully saturated rings. The molecule has 0 atom stereocenters. The monoisotopic (exact) mass is 353 g/mol. The number of benzene rings is 2. The van der Waals surface area contributed by atoms with Crippen LogP contribution in [-0.2, 0) is 19.7 Å². The molecular weight excluding hydrogens is 334 g/mol. The van der Waals surface area contributed by atoms with Crippen LogP contribution in [-0.4, -0.2) is 28.6 Å². The Bertz CT molecular complexity index is 793. The Morgan fingerprint density at radius 3 is 1.26 bits per heavy atom. The van der Waals surface area contributed by atoms with Gasteiger partial charge in [-0.15, -0.1) is 0 Å². The van der Waals surface area contributed by atoms with Crippen LogP contribution in [0, 0.1) is 13.8 Å². The Hall–Kier alpha value is -1.70. The fourth-order valence-electron chi connectivity index (χ4n) is 1.97. The zero-order chi connectivity index (χ0) is 17.1. The van der Waals surface area contributed by atoms with E-state index in [1.807, 2.05) is 13.8 Å². The number of hydrogen-bond donors (Lipinski definition) is 1. The molecule has 7 heteroatoms. The van der Waals surface area contributed by atoms with Gasteiger partial charge in [0, 0.05) is 0 Å². The molecule has 2 aromatic carbocycles. The van der Waals surface area contributed by atoms with Crippen molar-refractivity contribution >= 4 is 19.7 Å². The summed E-state index contributed by atoms with van der Waals surface area (Å²) in [4.78, 5) is 0.340. The maximum atomic E-state index is 12.2. The van der Waals surface area contributed by atoms with Gasteiger partial charge < -0.3 is 0 Å². The van der Waals surface area contributed by atoms with Gasteiger partial charge in [0.1, 0.15) is 11.8 Å². The molecule has 0 bridgehead atoms. The highest BCUT2D eigenvalue weighted by molar-refractivity contribution is 7.92. The fourth-order valence-corrected chi connectivity index (χ4v) is 4.27. The second-order valence-electron chi connectivity index (χ2n) is 5.39. The number of aryl methyl sites for hydroxylation is 2. The lowest BCUT2D eigenvalue weighted by atomic mass is 10.2. The van der Waals surface area contributed by atoms with Crippen molar-refractivity contribution in [3.05, 3.63) is 59.7 Å². The van der Waals surface area contributed by atoms with Crippen molar-refractivity contribution in [3.63, 3.8) is 0 Å². The van der Waals surface area contributed by atoms with Crippen molar-refractivity contribution in [2.24, 2.45) is 0 Å². The Labute approximate surface area is 137 Å². The third-order valence-electron chi connectivity index (χ3n) is 3.34. The summed E-state index contributed by atoms with van der Waals surface area (Å²) in [5.41, 5.74) is 1.91. The predicted molar refractivity (Wildman–Crippen MR) is 89.6 cm³/mol. The zero-order valence-electron chi connectivity index (χ0n) is 13.0. The largest absolute Gasteiger partial charge is 0.290 e. The summed E-state index contributed by atoms with van der Waals surface area (Å²) in [6.45, 7) is 3.73. The first-order valence-corrected chi connectivity index (χ1v) is 10.3. The maximum Gasteiger partial charge on any atom is 0.191 e. The van der Waals surface area contributed by atoms with E-state index in [-0.39, 0.29) is 9.79 Å². The number of hydrogen-bond acceptors (Lipinski definition) is 5. The van der Waals surface area contributed by atoms with Crippen molar-refractivity contribution in [2.75, 3.05) is 11.8 Å². The number of nitrogens with one attached hydrogen (secondary N) is 1. The predicted octanol–water partition coefficient (Wildman–Crippen LogP) is 2.06. The van der Waals surface area contributed by atoms with Gasteiger partial charge in [-0.05, 0) is 38.1 Å². The van der Waals surface area contributed by atoms with Crippen LogP contribution in [0.3, 0.4) is 0 Å². The molecule has 0 saturated carbocycles. The van der Waals surface area contributed by atoms with E-state index in [2.05, 4.69) is 5.32 Å². The minimum atomic E-state index is -3.56. The zero-order valence-corrected chi connectivity index (χ0v) is 14.6. The van der Waals surface area contributed by atoms with Gasteiger partial charge in [-0.1, -0.05) is 35.4 Å². The summed E-state index contributed by atoms with van der Waals surface area (Å²) in [6.07, 6.45) is 0. The first-order valence-electron chi connectivity index (χ1n) is 7.00. The number of rotatable bonds is 6. The molecule has 0 heterocycles. The molecule has 0 aromatic heterocycles. The fraction of sp³-hybridized carbons (Fsp3) is 0.250. The van der Waals surface area contributed by atoms with Gasteiger partial charge in [0.25, 0.3) is 0 Å². The highest BCUT2D eigenvalue weighted by Gasteiger charge is 2.18. The molecular formula is C16H19NO4S2. The molecule has 0 spiro atoms. The summed E-state index contributed by atoms with van der Waals surface area (Å²) in [6, 6.07) is 12.9. The molecule has 0 radical (unpaired) electrons. The Balaban J connectivity index is 2.03. The van der Waals surface area contributed by atoms with Crippen molar-refractivity contribution in [1.82, 2.24) is 5.32 Å². The maximum absolute atomic E-state index is 12.2. The normalized spacial score (nSPS) is 12.3. The Morgan fingerprint density at radius 2 is 0.957 bits per heavy atom. The summed E-state index contributed by atoms with van der Waals surface area (Å²) in [5.74, 6) is -0.859. The Kier molecular flexibility index (Phi) is 5.23. The first-order chi connectivity index (χ1) is 10.7. The van der Waals surface area contributed by atoms with E-state index in [0.717, 1.165) is 11.1 Å². The van der Waals surface area contributed by atoms with E-state index >= 15 is 0 Å². The molecule has 1 N–H and O–H groups in total. The smallest absolute Gasteiger partial charge is 0.191 e. The molecule has 2 aromatic rings. The Morgan fingerprint density at radius 1 is 0.652 bits per heavy atom. The van der Waals surface area contributed by atoms with E-state index in [1.54, 1.807) is 24.3 Å². The van der Waals surface area contributed by atoms with Crippen LogP contribution in [0.4, 0.5) is 0 Å². The van der Waals surface area contributed by atoms with E-state index < -0.39 is 31.4 Å². The molecule has 0 aliphatic carbocycles. The lowest BCUT2D eigenvalue weighted by Crippen LogP contribution is -2.29. The molecule has 0 amide bonds. The third kappa shape index (κ3) is 4.63. The van der Waals surface area contributed by atoms with E-state index in [1.165, 1.54) is 24.3 Å². The van der Waals surface area contributed by atoms with Gasteiger partial charge in [0.15, 0.2) is 19.7 Å².